The van der Waals surface area contributed by atoms with Gasteiger partial charge in [-0.1, -0.05) is 18.7 Å². The minimum absolute atomic E-state index is 0.0211. The molecule has 1 N–H and O–H groups in total. The average Bonchev–Trinajstić information content (AvgIpc) is 3.30. The number of carbonyl (C=O) groups excluding carboxylic acids is 1. The van der Waals surface area contributed by atoms with Crippen molar-refractivity contribution in [3.05, 3.63) is 16.7 Å². The summed E-state index contributed by atoms with van der Waals surface area (Å²) in [6, 6.07) is 2.41. The molecule has 3 heterocycles. The highest BCUT2D eigenvalue weighted by atomic mass is 32.2. The molecule has 1 aliphatic carbocycles. The topological polar surface area (TPSA) is 78.2 Å². The van der Waals surface area contributed by atoms with Gasteiger partial charge in [-0.3, -0.25) is 4.79 Å². The van der Waals surface area contributed by atoms with Crippen LogP contribution in [0.25, 0.3) is 0 Å². The number of pyridine rings is 1. The van der Waals surface area contributed by atoms with E-state index in [-0.39, 0.29) is 17.8 Å². The van der Waals surface area contributed by atoms with Gasteiger partial charge in [0.05, 0.1) is 17.4 Å². The fourth-order valence-electron chi connectivity index (χ4n) is 4.70. The first-order valence-corrected chi connectivity index (χ1v) is 12.4. The standard InChI is InChI=1S/C23H32N4O2S/c1-16-8-10-27(11-9-16)22-19-7-3-2-6-18(19)20(13-24)23(26-22)30-15-21(28)25-14-17-5-4-12-29-17/h16-17H,2-12,14-15H2,1H3,(H,25,28)/t17-/m1/s1. The van der Waals surface area contributed by atoms with Crippen LogP contribution in [0, 0.1) is 17.2 Å². The fraction of sp³-hybridized carbons (Fsp3) is 0.696. The van der Waals surface area contributed by atoms with Gasteiger partial charge in [-0.05, 0) is 68.4 Å². The maximum absolute atomic E-state index is 12.4. The van der Waals surface area contributed by atoms with Crippen LogP contribution in [0.5, 0.6) is 0 Å². The van der Waals surface area contributed by atoms with E-state index in [0.29, 0.717) is 12.1 Å². The Morgan fingerprint density at radius 3 is 2.70 bits per heavy atom. The van der Waals surface area contributed by atoms with Crippen LogP contribution >= 0.6 is 11.8 Å². The van der Waals surface area contributed by atoms with E-state index in [1.54, 1.807) is 0 Å². The van der Waals surface area contributed by atoms with E-state index >= 15 is 0 Å². The van der Waals surface area contributed by atoms with Gasteiger partial charge in [0.1, 0.15) is 16.9 Å². The number of anilines is 1. The quantitative estimate of drug-likeness (QED) is 0.699. The van der Waals surface area contributed by atoms with Crippen LogP contribution in [0.4, 0.5) is 5.82 Å². The molecule has 2 fully saturated rings. The smallest absolute Gasteiger partial charge is 0.230 e. The Hall–Kier alpha value is -1.78. The van der Waals surface area contributed by atoms with Gasteiger partial charge in [0.15, 0.2) is 0 Å². The number of nitrogens with one attached hydrogen (secondary N) is 1. The van der Waals surface area contributed by atoms with Gasteiger partial charge in [-0.15, -0.1) is 0 Å². The lowest BCUT2D eigenvalue weighted by molar-refractivity contribution is -0.119. The van der Waals surface area contributed by atoms with Gasteiger partial charge in [0.25, 0.3) is 0 Å². The third kappa shape index (κ3) is 4.92. The molecule has 30 heavy (non-hydrogen) atoms. The second-order valence-corrected chi connectivity index (χ2v) is 9.75. The number of ether oxygens (including phenoxy) is 1. The molecule has 0 spiro atoms. The molecule has 0 bridgehead atoms. The Labute approximate surface area is 183 Å². The molecule has 3 aliphatic rings. The molecule has 6 nitrogen and oxygen atoms in total. The summed E-state index contributed by atoms with van der Waals surface area (Å²) in [5, 5.41) is 13.6. The molecule has 0 unspecified atom stereocenters. The van der Waals surface area contributed by atoms with Gasteiger partial charge in [0, 0.05) is 26.2 Å². The number of fused-ring (bicyclic) bond motifs is 1. The second-order valence-electron chi connectivity index (χ2n) is 8.79. The Morgan fingerprint density at radius 1 is 1.23 bits per heavy atom. The molecule has 2 saturated heterocycles. The number of carbonyl (C=O) groups is 1. The van der Waals surface area contributed by atoms with E-state index < -0.39 is 0 Å². The predicted molar refractivity (Wildman–Crippen MR) is 119 cm³/mol. The molecular weight excluding hydrogens is 396 g/mol. The van der Waals surface area contributed by atoms with Crippen molar-refractivity contribution in [2.24, 2.45) is 5.92 Å². The molecule has 0 saturated carbocycles. The van der Waals surface area contributed by atoms with Crippen molar-refractivity contribution in [1.82, 2.24) is 10.3 Å². The molecular formula is C23H32N4O2S. The first kappa shape index (κ1) is 21.5. The number of aromatic nitrogens is 1. The van der Waals surface area contributed by atoms with Gasteiger partial charge < -0.3 is 15.0 Å². The molecule has 2 aliphatic heterocycles. The van der Waals surface area contributed by atoms with E-state index in [1.165, 1.54) is 35.7 Å². The molecule has 0 aromatic carbocycles. The third-order valence-corrected chi connectivity index (χ3v) is 7.52. The SMILES string of the molecule is CC1CCN(c2nc(SCC(=O)NC[C@H]3CCCO3)c(C#N)c3c2CCCC3)CC1. The highest BCUT2D eigenvalue weighted by Crippen LogP contribution is 2.37. The van der Waals surface area contributed by atoms with E-state index in [2.05, 4.69) is 23.2 Å². The summed E-state index contributed by atoms with van der Waals surface area (Å²) in [5.41, 5.74) is 3.14. The molecule has 4 rings (SSSR count). The summed E-state index contributed by atoms with van der Waals surface area (Å²) >= 11 is 1.40. The van der Waals surface area contributed by atoms with Crippen LogP contribution in [0.3, 0.4) is 0 Å². The van der Waals surface area contributed by atoms with Crippen molar-refractivity contribution in [2.75, 3.05) is 36.9 Å². The molecule has 1 amide bonds. The zero-order chi connectivity index (χ0) is 20.9. The molecule has 0 radical (unpaired) electrons. The molecule has 7 heteroatoms. The van der Waals surface area contributed by atoms with Crippen molar-refractivity contribution >= 4 is 23.5 Å². The highest BCUT2D eigenvalue weighted by molar-refractivity contribution is 8.00. The summed E-state index contributed by atoms with van der Waals surface area (Å²) in [4.78, 5) is 19.8. The van der Waals surface area contributed by atoms with Gasteiger partial charge in [-0.2, -0.15) is 5.26 Å². The molecule has 162 valence electrons. The fourth-order valence-corrected chi connectivity index (χ4v) is 5.53. The van der Waals surface area contributed by atoms with Crippen molar-refractivity contribution in [1.29, 1.82) is 5.26 Å². The number of nitrogens with zero attached hydrogens (tertiary/aromatic N) is 3. The maximum atomic E-state index is 12.4. The monoisotopic (exact) mass is 428 g/mol. The zero-order valence-electron chi connectivity index (χ0n) is 17.9. The van der Waals surface area contributed by atoms with Crippen LogP contribution in [0.15, 0.2) is 5.03 Å². The number of thioether (sulfide) groups is 1. The minimum atomic E-state index is -0.0211. The maximum Gasteiger partial charge on any atom is 0.230 e. The van der Waals surface area contributed by atoms with Crippen molar-refractivity contribution in [2.45, 2.75) is 69.4 Å². The Balaban J connectivity index is 1.50. The Morgan fingerprint density at radius 2 is 2.00 bits per heavy atom. The largest absolute Gasteiger partial charge is 0.376 e. The van der Waals surface area contributed by atoms with Crippen LogP contribution in [-0.2, 0) is 22.4 Å². The van der Waals surface area contributed by atoms with Crippen LogP contribution in [0.2, 0.25) is 0 Å². The number of hydrogen-bond acceptors (Lipinski definition) is 6. The third-order valence-electron chi connectivity index (χ3n) is 6.55. The van der Waals surface area contributed by atoms with Crippen molar-refractivity contribution in [3.8, 4) is 6.07 Å². The predicted octanol–water partition coefficient (Wildman–Crippen LogP) is 3.46. The molecule has 1 atom stereocenters. The van der Waals surface area contributed by atoms with Crippen LogP contribution in [0.1, 0.15) is 62.1 Å². The summed E-state index contributed by atoms with van der Waals surface area (Å²) in [6.45, 7) is 5.73. The number of piperidine rings is 1. The molecule has 1 aromatic heterocycles. The van der Waals surface area contributed by atoms with Crippen LogP contribution < -0.4 is 10.2 Å². The van der Waals surface area contributed by atoms with Gasteiger partial charge in [0.2, 0.25) is 5.91 Å². The van der Waals surface area contributed by atoms with E-state index in [9.17, 15) is 10.1 Å². The van der Waals surface area contributed by atoms with E-state index in [4.69, 9.17) is 9.72 Å². The lowest BCUT2D eigenvalue weighted by Crippen LogP contribution is -2.35. The summed E-state index contributed by atoms with van der Waals surface area (Å²) in [5.74, 6) is 2.09. The summed E-state index contributed by atoms with van der Waals surface area (Å²) in [6.07, 6.45) is 8.82. The van der Waals surface area contributed by atoms with Gasteiger partial charge >= 0.3 is 0 Å². The summed E-state index contributed by atoms with van der Waals surface area (Å²) < 4.78 is 5.57. The number of rotatable bonds is 6. The Bertz CT molecular complexity index is 808. The first-order valence-electron chi connectivity index (χ1n) is 11.4. The van der Waals surface area contributed by atoms with Crippen LogP contribution in [-0.4, -0.2) is 49.0 Å². The lowest BCUT2D eigenvalue weighted by atomic mass is 9.88. The average molecular weight is 429 g/mol. The zero-order valence-corrected chi connectivity index (χ0v) is 18.7. The number of hydrogen-bond donors (Lipinski definition) is 1. The number of nitriles is 1. The normalized spacial score (nSPS) is 21.9. The first-order chi connectivity index (χ1) is 14.7. The summed E-state index contributed by atoms with van der Waals surface area (Å²) in [7, 11) is 0. The van der Waals surface area contributed by atoms with E-state index in [0.717, 1.165) is 75.0 Å². The minimum Gasteiger partial charge on any atom is -0.376 e. The second kappa shape index (κ2) is 10.0. The van der Waals surface area contributed by atoms with E-state index in [1.807, 2.05) is 0 Å². The van der Waals surface area contributed by atoms with Gasteiger partial charge in [-0.25, -0.2) is 4.98 Å². The number of amides is 1. The van der Waals surface area contributed by atoms with Crippen molar-refractivity contribution in [3.63, 3.8) is 0 Å². The Kier molecular flexibility index (Phi) is 7.16. The lowest BCUT2D eigenvalue weighted by Gasteiger charge is -2.34. The molecule has 1 aromatic rings. The van der Waals surface area contributed by atoms with Crippen molar-refractivity contribution < 1.29 is 9.53 Å². The highest BCUT2D eigenvalue weighted by Gasteiger charge is 2.27.